The summed E-state index contributed by atoms with van der Waals surface area (Å²) >= 11 is 0. The van der Waals surface area contributed by atoms with Crippen molar-refractivity contribution >= 4 is 5.78 Å². The molecular weight excluding hydrogens is 224 g/mol. The van der Waals surface area contributed by atoms with E-state index in [-0.39, 0.29) is 28.3 Å². The van der Waals surface area contributed by atoms with Crippen molar-refractivity contribution in [2.75, 3.05) is 0 Å². The van der Waals surface area contributed by atoms with Crippen molar-refractivity contribution in [2.24, 2.45) is 16.7 Å². The summed E-state index contributed by atoms with van der Waals surface area (Å²) in [5.74, 6) is 0.277. The molecule has 0 amide bonds. The Balaban J connectivity index is 3.16. The quantitative estimate of drug-likeness (QED) is 0.793. The number of benzene rings is 1. The van der Waals surface area contributed by atoms with Crippen LogP contribution in [0.3, 0.4) is 0 Å². The monoisotopic (exact) mass is 248 g/mol. The van der Waals surface area contributed by atoms with Crippen LogP contribution in [0.15, 0.2) is 24.3 Å². The second-order valence-corrected chi connectivity index (χ2v) is 7.08. The third kappa shape index (κ3) is 3.34. The van der Waals surface area contributed by atoms with Crippen LogP contribution in [0.4, 0.5) is 0 Å². The van der Waals surface area contributed by atoms with Gasteiger partial charge in [0.15, 0.2) is 5.78 Å². The normalized spacial score (nSPS) is 12.8. The third-order valence-corrected chi connectivity index (χ3v) is 3.15. The predicted octanol–water partition coefficient (Wildman–Crippen LogP) is 4.28. The third-order valence-electron chi connectivity index (χ3n) is 3.15. The summed E-state index contributed by atoms with van der Waals surface area (Å²) in [5, 5.41) is 9.29. The van der Waals surface area contributed by atoms with E-state index in [1.54, 1.807) is 24.3 Å². The zero-order valence-corrected chi connectivity index (χ0v) is 12.2. The van der Waals surface area contributed by atoms with Gasteiger partial charge < -0.3 is 5.11 Å². The fourth-order valence-corrected chi connectivity index (χ4v) is 2.88. The minimum absolute atomic E-state index is 0.0606. The molecule has 0 unspecified atom stereocenters. The highest BCUT2D eigenvalue weighted by Crippen LogP contribution is 2.41. The molecule has 0 aliphatic heterocycles. The van der Waals surface area contributed by atoms with Gasteiger partial charge in [0.25, 0.3) is 0 Å². The Morgan fingerprint density at radius 3 is 1.67 bits per heavy atom. The van der Waals surface area contributed by atoms with E-state index in [4.69, 9.17) is 0 Å². The SMILES string of the molecule is CC(C)(C)C(C(=O)c1ccc(O)cc1)C(C)(C)C. The molecule has 0 spiro atoms. The molecule has 0 fully saturated rings. The van der Waals surface area contributed by atoms with E-state index in [0.29, 0.717) is 5.56 Å². The number of carbonyl (C=O) groups excluding carboxylic acids is 1. The summed E-state index contributed by atoms with van der Waals surface area (Å²) in [7, 11) is 0. The number of hydrogen-bond donors (Lipinski definition) is 1. The highest BCUT2D eigenvalue weighted by molar-refractivity contribution is 5.98. The standard InChI is InChI=1S/C16H24O2/c1-15(2,3)14(16(4,5)6)13(18)11-7-9-12(17)10-8-11/h7-10,14,17H,1-6H3. The first kappa shape index (κ1) is 14.7. The molecule has 100 valence electrons. The zero-order valence-electron chi connectivity index (χ0n) is 12.2. The van der Waals surface area contributed by atoms with E-state index in [2.05, 4.69) is 41.5 Å². The first-order valence-electron chi connectivity index (χ1n) is 6.37. The van der Waals surface area contributed by atoms with Gasteiger partial charge in [0.05, 0.1) is 0 Å². The maximum absolute atomic E-state index is 12.7. The Bertz CT molecular complexity index is 402. The van der Waals surface area contributed by atoms with Gasteiger partial charge in [-0.05, 0) is 35.1 Å². The molecule has 1 aromatic rings. The van der Waals surface area contributed by atoms with Crippen molar-refractivity contribution < 1.29 is 9.90 Å². The molecule has 2 nitrogen and oxygen atoms in total. The van der Waals surface area contributed by atoms with Crippen LogP contribution in [0.2, 0.25) is 0 Å². The van der Waals surface area contributed by atoms with Crippen LogP contribution in [-0.4, -0.2) is 10.9 Å². The van der Waals surface area contributed by atoms with E-state index >= 15 is 0 Å². The number of phenols is 1. The highest BCUT2D eigenvalue weighted by atomic mass is 16.3. The Kier molecular flexibility index (Phi) is 3.89. The topological polar surface area (TPSA) is 37.3 Å². The van der Waals surface area contributed by atoms with Gasteiger partial charge in [-0.1, -0.05) is 41.5 Å². The molecule has 2 heteroatoms. The van der Waals surface area contributed by atoms with Crippen LogP contribution < -0.4 is 0 Å². The fourth-order valence-electron chi connectivity index (χ4n) is 2.88. The van der Waals surface area contributed by atoms with Crippen molar-refractivity contribution in [1.29, 1.82) is 0 Å². The number of ketones is 1. The number of rotatable bonds is 2. The van der Waals surface area contributed by atoms with Crippen LogP contribution in [-0.2, 0) is 0 Å². The average molecular weight is 248 g/mol. The lowest BCUT2D eigenvalue weighted by Crippen LogP contribution is -2.38. The molecule has 0 radical (unpaired) electrons. The highest BCUT2D eigenvalue weighted by Gasteiger charge is 2.40. The molecule has 1 aromatic carbocycles. The first-order chi connectivity index (χ1) is 8.03. The van der Waals surface area contributed by atoms with Crippen molar-refractivity contribution in [3.63, 3.8) is 0 Å². The van der Waals surface area contributed by atoms with Crippen LogP contribution in [0.25, 0.3) is 0 Å². The summed E-state index contributed by atoms with van der Waals surface area (Å²) in [5.41, 5.74) is 0.489. The Morgan fingerprint density at radius 2 is 1.33 bits per heavy atom. The van der Waals surface area contributed by atoms with Gasteiger partial charge in [0, 0.05) is 11.5 Å². The largest absolute Gasteiger partial charge is 0.508 e. The van der Waals surface area contributed by atoms with Crippen LogP contribution >= 0.6 is 0 Å². The smallest absolute Gasteiger partial charge is 0.166 e. The van der Waals surface area contributed by atoms with Gasteiger partial charge in [-0.15, -0.1) is 0 Å². The van der Waals surface area contributed by atoms with Gasteiger partial charge in [0.1, 0.15) is 5.75 Å². The van der Waals surface area contributed by atoms with Gasteiger partial charge in [-0.3, -0.25) is 4.79 Å². The maximum atomic E-state index is 12.7. The summed E-state index contributed by atoms with van der Waals surface area (Å²) < 4.78 is 0. The van der Waals surface area contributed by atoms with Gasteiger partial charge in [-0.25, -0.2) is 0 Å². The van der Waals surface area contributed by atoms with E-state index in [1.165, 1.54) is 0 Å². The second kappa shape index (κ2) is 4.75. The molecule has 0 bridgehead atoms. The molecule has 18 heavy (non-hydrogen) atoms. The number of Topliss-reactive ketones (excluding diaryl/α,β-unsaturated/α-hetero) is 1. The molecule has 0 atom stereocenters. The van der Waals surface area contributed by atoms with Gasteiger partial charge in [0.2, 0.25) is 0 Å². The second-order valence-electron chi connectivity index (χ2n) is 7.08. The summed E-state index contributed by atoms with van der Waals surface area (Å²) in [4.78, 5) is 12.7. The lowest BCUT2D eigenvalue weighted by atomic mass is 9.64. The van der Waals surface area contributed by atoms with Gasteiger partial charge >= 0.3 is 0 Å². The molecular formula is C16H24O2. The van der Waals surface area contributed by atoms with Crippen molar-refractivity contribution in [3.8, 4) is 5.75 Å². The molecule has 1 rings (SSSR count). The van der Waals surface area contributed by atoms with E-state index in [0.717, 1.165) is 0 Å². The Morgan fingerprint density at radius 1 is 0.944 bits per heavy atom. The average Bonchev–Trinajstić information content (AvgIpc) is 2.13. The van der Waals surface area contributed by atoms with E-state index in [9.17, 15) is 9.90 Å². The predicted molar refractivity (Wildman–Crippen MR) is 74.8 cm³/mol. The van der Waals surface area contributed by atoms with E-state index < -0.39 is 0 Å². The van der Waals surface area contributed by atoms with Gasteiger partial charge in [-0.2, -0.15) is 0 Å². The van der Waals surface area contributed by atoms with Crippen molar-refractivity contribution in [1.82, 2.24) is 0 Å². The molecule has 0 aromatic heterocycles. The minimum Gasteiger partial charge on any atom is -0.508 e. The maximum Gasteiger partial charge on any atom is 0.166 e. The number of aromatic hydroxyl groups is 1. The molecule has 0 saturated carbocycles. The zero-order chi connectivity index (χ0) is 14.1. The Labute approximate surface area is 110 Å². The summed E-state index contributed by atoms with van der Waals surface area (Å²) in [6.07, 6.45) is 0. The number of phenolic OH excluding ortho intramolecular Hbond substituents is 1. The molecule has 0 aliphatic carbocycles. The Hall–Kier alpha value is -1.31. The van der Waals surface area contributed by atoms with E-state index in [1.807, 2.05) is 0 Å². The van der Waals surface area contributed by atoms with Crippen molar-refractivity contribution in [2.45, 2.75) is 41.5 Å². The van der Waals surface area contributed by atoms with Crippen LogP contribution in [0, 0.1) is 16.7 Å². The molecule has 0 heterocycles. The summed E-state index contributed by atoms with van der Waals surface area (Å²) in [6.45, 7) is 12.6. The first-order valence-corrected chi connectivity index (χ1v) is 6.37. The molecule has 0 saturated heterocycles. The van der Waals surface area contributed by atoms with Crippen molar-refractivity contribution in [3.05, 3.63) is 29.8 Å². The number of carbonyl (C=O) groups is 1. The lowest BCUT2D eigenvalue weighted by molar-refractivity contribution is 0.0585. The van der Waals surface area contributed by atoms with Crippen LogP contribution in [0.5, 0.6) is 5.75 Å². The summed E-state index contributed by atoms with van der Waals surface area (Å²) in [6, 6.07) is 6.52. The lowest BCUT2D eigenvalue weighted by Gasteiger charge is -2.39. The fraction of sp³-hybridized carbons (Fsp3) is 0.562. The minimum atomic E-state index is -0.0901. The van der Waals surface area contributed by atoms with Crippen LogP contribution in [0.1, 0.15) is 51.9 Å². The molecule has 1 N–H and O–H groups in total. The number of hydrogen-bond acceptors (Lipinski definition) is 2. The molecule has 0 aliphatic rings.